The molecule has 3 rings (SSSR count). The van der Waals surface area contributed by atoms with E-state index in [9.17, 15) is 0 Å². The lowest BCUT2D eigenvalue weighted by Crippen LogP contribution is -2.15. The third kappa shape index (κ3) is 3.33. The molecule has 0 bridgehead atoms. The zero-order chi connectivity index (χ0) is 14.7. The molecule has 110 valence electrons. The second-order valence-electron chi connectivity index (χ2n) is 4.95. The van der Waals surface area contributed by atoms with Gasteiger partial charge in [0.2, 0.25) is 5.16 Å². The molecule has 1 unspecified atom stereocenters. The van der Waals surface area contributed by atoms with Crippen LogP contribution < -0.4 is 5.73 Å². The van der Waals surface area contributed by atoms with Gasteiger partial charge in [0.05, 0.1) is 6.04 Å². The summed E-state index contributed by atoms with van der Waals surface area (Å²) in [6.07, 6.45) is 2.67. The lowest BCUT2D eigenvalue weighted by molar-refractivity contribution is 0.317. The third-order valence-electron chi connectivity index (χ3n) is 3.30. The molecule has 0 radical (unpaired) electrons. The van der Waals surface area contributed by atoms with Gasteiger partial charge in [-0.2, -0.15) is 0 Å². The molecule has 7 nitrogen and oxygen atoms in total. The number of thioether (sulfide) groups is 1. The molecule has 3 N–H and O–H groups in total. The van der Waals surface area contributed by atoms with Crippen molar-refractivity contribution < 1.29 is 5.21 Å². The SMILES string of the molecule is NC(CC(Sc1nnnn1C1CC1)c1ccccc1)=NO. The van der Waals surface area contributed by atoms with Crippen LogP contribution in [0.15, 0.2) is 40.6 Å². The molecule has 0 spiro atoms. The maximum absolute atomic E-state index is 8.82. The topological polar surface area (TPSA) is 102 Å². The fourth-order valence-electron chi connectivity index (χ4n) is 2.06. The van der Waals surface area contributed by atoms with Crippen LogP contribution in [-0.2, 0) is 0 Å². The van der Waals surface area contributed by atoms with Crippen LogP contribution in [0.2, 0.25) is 0 Å². The van der Waals surface area contributed by atoms with E-state index in [1.807, 2.05) is 35.0 Å². The van der Waals surface area contributed by atoms with E-state index in [0.29, 0.717) is 12.5 Å². The van der Waals surface area contributed by atoms with Crippen LogP contribution in [0.4, 0.5) is 0 Å². The Kier molecular flexibility index (Phi) is 4.05. The van der Waals surface area contributed by atoms with Crippen molar-refractivity contribution in [2.24, 2.45) is 10.9 Å². The third-order valence-corrected chi connectivity index (χ3v) is 4.50. The van der Waals surface area contributed by atoms with E-state index in [4.69, 9.17) is 10.9 Å². The van der Waals surface area contributed by atoms with Crippen LogP contribution >= 0.6 is 11.8 Å². The molecule has 1 heterocycles. The summed E-state index contributed by atoms with van der Waals surface area (Å²) in [6.45, 7) is 0. The molecule has 2 aromatic rings. The molecule has 1 atom stereocenters. The fraction of sp³-hybridized carbons (Fsp3) is 0.385. The molecule has 0 aliphatic heterocycles. The number of nitrogens with zero attached hydrogens (tertiary/aromatic N) is 5. The Morgan fingerprint density at radius 2 is 2.19 bits per heavy atom. The summed E-state index contributed by atoms with van der Waals surface area (Å²) in [4.78, 5) is 0. The van der Waals surface area contributed by atoms with E-state index in [0.717, 1.165) is 23.6 Å². The lowest BCUT2D eigenvalue weighted by Gasteiger charge is -2.15. The number of amidine groups is 1. The Bertz CT molecular complexity index is 625. The van der Waals surface area contributed by atoms with Gasteiger partial charge in [0.1, 0.15) is 5.84 Å². The highest BCUT2D eigenvalue weighted by Gasteiger charge is 2.29. The minimum absolute atomic E-state index is 0.00519. The van der Waals surface area contributed by atoms with Gasteiger partial charge in [-0.05, 0) is 28.8 Å². The van der Waals surface area contributed by atoms with Crippen LogP contribution in [-0.4, -0.2) is 31.3 Å². The zero-order valence-corrected chi connectivity index (χ0v) is 12.1. The fourth-order valence-corrected chi connectivity index (χ4v) is 3.24. The molecule has 1 aromatic heterocycles. The van der Waals surface area contributed by atoms with Crippen LogP contribution in [0.3, 0.4) is 0 Å². The van der Waals surface area contributed by atoms with Gasteiger partial charge in [-0.15, -0.1) is 5.10 Å². The smallest absolute Gasteiger partial charge is 0.210 e. The van der Waals surface area contributed by atoms with Gasteiger partial charge in [0, 0.05) is 11.7 Å². The summed E-state index contributed by atoms with van der Waals surface area (Å²) >= 11 is 1.54. The zero-order valence-electron chi connectivity index (χ0n) is 11.3. The number of nitrogens with two attached hydrogens (primary N) is 1. The van der Waals surface area contributed by atoms with E-state index in [1.54, 1.807) is 11.8 Å². The number of hydrogen-bond acceptors (Lipinski definition) is 6. The Labute approximate surface area is 126 Å². The van der Waals surface area contributed by atoms with Crippen molar-refractivity contribution in [2.75, 3.05) is 0 Å². The number of hydrogen-bond donors (Lipinski definition) is 2. The van der Waals surface area contributed by atoms with Gasteiger partial charge in [-0.25, -0.2) is 4.68 Å². The van der Waals surface area contributed by atoms with Gasteiger partial charge in [-0.3, -0.25) is 0 Å². The average Bonchev–Trinajstić information content (AvgIpc) is 3.27. The molecule has 1 aliphatic rings. The molecular formula is C13H16N6OS. The van der Waals surface area contributed by atoms with Crippen molar-refractivity contribution in [1.82, 2.24) is 20.2 Å². The van der Waals surface area contributed by atoms with Crippen LogP contribution in [0.1, 0.15) is 36.1 Å². The molecule has 8 heteroatoms. The molecular weight excluding hydrogens is 288 g/mol. The van der Waals surface area contributed by atoms with Crippen molar-refractivity contribution >= 4 is 17.6 Å². The Morgan fingerprint density at radius 1 is 1.43 bits per heavy atom. The summed E-state index contributed by atoms with van der Waals surface area (Å²) in [5.74, 6) is 0.196. The number of oxime groups is 1. The van der Waals surface area contributed by atoms with Crippen LogP contribution in [0, 0.1) is 0 Å². The number of aromatic nitrogens is 4. The van der Waals surface area contributed by atoms with Gasteiger partial charge >= 0.3 is 0 Å². The summed E-state index contributed by atoms with van der Waals surface area (Å²) in [5.41, 5.74) is 6.78. The van der Waals surface area contributed by atoms with E-state index in [1.165, 1.54) is 0 Å². The number of tetrazole rings is 1. The summed E-state index contributed by atoms with van der Waals surface area (Å²) in [6, 6.07) is 10.4. The van der Waals surface area contributed by atoms with E-state index >= 15 is 0 Å². The van der Waals surface area contributed by atoms with Gasteiger partial charge < -0.3 is 10.9 Å². The Morgan fingerprint density at radius 3 is 2.86 bits per heavy atom. The molecule has 0 saturated heterocycles. The van der Waals surface area contributed by atoms with Crippen molar-refractivity contribution in [2.45, 2.75) is 35.7 Å². The normalized spacial score (nSPS) is 16.9. The van der Waals surface area contributed by atoms with E-state index in [-0.39, 0.29) is 11.1 Å². The quantitative estimate of drug-likeness (QED) is 0.278. The maximum atomic E-state index is 8.82. The first-order chi connectivity index (χ1) is 10.3. The number of benzene rings is 1. The predicted molar refractivity (Wildman–Crippen MR) is 79.2 cm³/mol. The maximum Gasteiger partial charge on any atom is 0.210 e. The minimum Gasteiger partial charge on any atom is -0.409 e. The second kappa shape index (κ2) is 6.13. The highest BCUT2D eigenvalue weighted by molar-refractivity contribution is 7.99. The average molecular weight is 304 g/mol. The highest BCUT2D eigenvalue weighted by Crippen LogP contribution is 2.41. The molecule has 0 amide bonds. The van der Waals surface area contributed by atoms with Crippen molar-refractivity contribution in [3.8, 4) is 0 Å². The molecule has 21 heavy (non-hydrogen) atoms. The number of rotatable bonds is 6. The Hall–Kier alpha value is -2.09. The predicted octanol–water partition coefficient (Wildman–Crippen LogP) is 1.98. The second-order valence-corrected chi connectivity index (χ2v) is 6.12. The van der Waals surface area contributed by atoms with Gasteiger partial charge in [-0.1, -0.05) is 47.2 Å². The van der Waals surface area contributed by atoms with Gasteiger partial charge in [0.25, 0.3) is 0 Å². The molecule has 1 aromatic carbocycles. The first-order valence-corrected chi connectivity index (χ1v) is 7.61. The summed E-state index contributed by atoms with van der Waals surface area (Å²) in [5, 5.41) is 24.6. The largest absolute Gasteiger partial charge is 0.409 e. The standard InChI is InChI=1S/C13H16N6OS/c14-12(16-20)8-11(9-4-2-1-3-5-9)21-13-15-17-18-19(13)10-6-7-10/h1-5,10-11,20H,6-8H2,(H2,14,16). The first kappa shape index (κ1) is 13.9. The van der Waals surface area contributed by atoms with E-state index < -0.39 is 0 Å². The van der Waals surface area contributed by atoms with Crippen molar-refractivity contribution in [3.05, 3.63) is 35.9 Å². The highest BCUT2D eigenvalue weighted by atomic mass is 32.2. The molecule has 1 aliphatic carbocycles. The van der Waals surface area contributed by atoms with Crippen LogP contribution in [0.5, 0.6) is 0 Å². The van der Waals surface area contributed by atoms with Crippen molar-refractivity contribution in [3.63, 3.8) is 0 Å². The molecule has 1 fully saturated rings. The van der Waals surface area contributed by atoms with E-state index in [2.05, 4.69) is 20.7 Å². The molecule has 1 saturated carbocycles. The lowest BCUT2D eigenvalue weighted by atomic mass is 10.1. The summed E-state index contributed by atoms with van der Waals surface area (Å²) < 4.78 is 1.87. The minimum atomic E-state index is 0.00519. The van der Waals surface area contributed by atoms with Gasteiger partial charge in [0.15, 0.2) is 0 Å². The van der Waals surface area contributed by atoms with Crippen molar-refractivity contribution in [1.29, 1.82) is 0 Å². The van der Waals surface area contributed by atoms with Crippen LogP contribution in [0.25, 0.3) is 0 Å². The Balaban J connectivity index is 1.83. The monoisotopic (exact) mass is 304 g/mol. The first-order valence-electron chi connectivity index (χ1n) is 6.74. The summed E-state index contributed by atoms with van der Waals surface area (Å²) in [7, 11) is 0.